The Morgan fingerprint density at radius 1 is 0.886 bits per heavy atom. The van der Waals surface area contributed by atoms with Crippen molar-refractivity contribution in [1.29, 1.82) is 0 Å². The second kappa shape index (κ2) is 10.4. The van der Waals surface area contributed by atoms with Crippen molar-refractivity contribution in [1.82, 2.24) is 0 Å². The molecule has 0 saturated carbocycles. The Kier molecular flexibility index (Phi) is 7.07. The molecular weight excluding hydrogens is 441 g/mol. The van der Waals surface area contributed by atoms with Crippen molar-refractivity contribution >= 4 is 5.69 Å². The maximum absolute atomic E-state index is 15.6. The molecule has 2 atom stereocenters. The molecule has 2 aliphatic rings. The molecule has 0 spiro atoms. The van der Waals surface area contributed by atoms with E-state index in [9.17, 15) is 5.11 Å². The molecule has 1 N–H and O–H groups in total. The number of phenols is 1. The number of aromatic hydroxyl groups is 1. The smallest absolute Gasteiger partial charge is 0.159 e. The van der Waals surface area contributed by atoms with Crippen molar-refractivity contribution in [3.05, 3.63) is 94.8 Å². The normalized spacial score (nSPS) is 20.7. The van der Waals surface area contributed by atoms with Crippen LogP contribution < -0.4 is 4.90 Å². The first-order valence-corrected chi connectivity index (χ1v) is 12.6. The van der Waals surface area contributed by atoms with E-state index in [0.29, 0.717) is 11.6 Å². The number of benzene rings is 3. The van der Waals surface area contributed by atoms with Gasteiger partial charge in [0.2, 0.25) is 0 Å². The fraction of sp³-hybridized carbons (Fsp3) is 0.400. The molecule has 184 valence electrons. The topological polar surface area (TPSA) is 41.9 Å². The summed E-state index contributed by atoms with van der Waals surface area (Å²) in [5.74, 6) is 0.739. The third kappa shape index (κ3) is 4.80. The van der Waals surface area contributed by atoms with Crippen LogP contribution in [0.3, 0.4) is 0 Å². The Hall–Kier alpha value is -2.89. The first-order chi connectivity index (χ1) is 17.1. The predicted molar refractivity (Wildman–Crippen MR) is 137 cm³/mol. The molecule has 1 unspecified atom stereocenters. The van der Waals surface area contributed by atoms with Gasteiger partial charge in [-0.3, -0.25) is 0 Å². The maximum Gasteiger partial charge on any atom is 0.159 e. The minimum absolute atomic E-state index is 0.0419. The summed E-state index contributed by atoms with van der Waals surface area (Å²) in [5.41, 5.74) is 5.26. The lowest BCUT2D eigenvalue weighted by Gasteiger charge is -2.37. The van der Waals surface area contributed by atoms with E-state index in [2.05, 4.69) is 35.2 Å². The number of methoxy groups -OCH3 is 2. The van der Waals surface area contributed by atoms with E-state index in [4.69, 9.17) is 9.47 Å². The summed E-state index contributed by atoms with van der Waals surface area (Å²) in [4.78, 5) is 2.14. The van der Waals surface area contributed by atoms with Gasteiger partial charge in [-0.25, -0.2) is 4.39 Å². The number of anilines is 1. The molecule has 4 nitrogen and oxygen atoms in total. The lowest BCUT2D eigenvalue weighted by atomic mass is 9.69. The highest BCUT2D eigenvalue weighted by atomic mass is 19.1. The van der Waals surface area contributed by atoms with Crippen molar-refractivity contribution in [2.75, 3.05) is 32.2 Å². The number of rotatable bonds is 6. The van der Waals surface area contributed by atoms with Crippen molar-refractivity contribution in [2.24, 2.45) is 5.92 Å². The number of halogens is 1. The van der Waals surface area contributed by atoms with Crippen LogP contribution in [0.2, 0.25) is 0 Å². The largest absolute Gasteiger partial charge is 0.508 e. The molecule has 1 heterocycles. The highest BCUT2D eigenvalue weighted by Crippen LogP contribution is 2.47. The van der Waals surface area contributed by atoms with Gasteiger partial charge in [-0.05, 0) is 78.1 Å². The highest BCUT2D eigenvalue weighted by Gasteiger charge is 2.33. The van der Waals surface area contributed by atoms with Crippen LogP contribution in [0.15, 0.2) is 66.7 Å². The molecule has 35 heavy (non-hydrogen) atoms. The summed E-state index contributed by atoms with van der Waals surface area (Å²) in [5, 5.41) is 10.1. The van der Waals surface area contributed by atoms with Gasteiger partial charge in [0, 0.05) is 39.1 Å². The SMILES string of the molecule is COC(OC)C1CCN(c2ccc(C3c4ccc(O)cc4CC[C@H]3c3ccccc3)cc2F)CC1. The molecular formula is C30H34FNO3. The van der Waals surface area contributed by atoms with E-state index in [1.54, 1.807) is 26.4 Å². The van der Waals surface area contributed by atoms with Gasteiger partial charge in [-0.1, -0.05) is 42.5 Å². The van der Waals surface area contributed by atoms with E-state index in [0.717, 1.165) is 49.9 Å². The van der Waals surface area contributed by atoms with Gasteiger partial charge >= 0.3 is 0 Å². The second-order valence-corrected chi connectivity index (χ2v) is 9.79. The fourth-order valence-corrected chi connectivity index (χ4v) is 6.14. The average molecular weight is 476 g/mol. The van der Waals surface area contributed by atoms with Gasteiger partial charge in [0.1, 0.15) is 11.6 Å². The van der Waals surface area contributed by atoms with Crippen molar-refractivity contribution < 1.29 is 19.0 Å². The average Bonchev–Trinajstić information content (AvgIpc) is 2.89. The predicted octanol–water partition coefficient (Wildman–Crippen LogP) is 6.23. The summed E-state index contributed by atoms with van der Waals surface area (Å²) in [6.45, 7) is 1.56. The Balaban J connectivity index is 1.44. The molecule has 0 bridgehead atoms. The van der Waals surface area contributed by atoms with Gasteiger partial charge < -0.3 is 19.5 Å². The van der Waals surface area contributed by atoms with E-state index >= 15 is 4.39 Å². The number of hydrogen-bond acceptors (Lipinski definition) is 4. The number of aryl methyl sites for hydroxylation is 1. The number of fused-ring (bicyclic) bond motifs is 1. The zero-order valence-corrected chi connectivity index (χ0v) is 20.5. The quantitative estimate of drug-likeness (QED) is 0.429. The molecule has 0 aromatic heterocycles. The van der Waals surface area contributed by atoms with Gasteiger partial charge in [-0.2, -0.15) is 0 Å². The van der Waals surface area contributed by atoms with Gasteiger partial charge in [0.25, 0.3) is 0 Å². The number of ether oxygens (including phenoxy) is 2. The molecule has 0 amide bonds. The number of hydrogen-bond donors (Lipinski definition) is 1. The molecule has 1 fully saturated rings. The molecule has 1 aliphatic heterocycles. The van der Waals surface area contributed by atoms with Crippen LogP contribution >= 0.6 is 0 Å². The van der Waals surface area contributed by atoms with Gasteiger partial charge in [0.05, 0.1) is 5.69 Å². The van der Waals surface area contributed by atoms with Crippen LogP contribution in [0.25, 0.3) is 0 Å². The fourth-order valence-electron chi connectivity index (χ4n) is 6.14. The lowest BCUT2D eigenvalue weighted by Crippen LogP contribution is -2.39. The van der Waals surface area contributed by atoms with E-state index < -0.39 is 0 Å². The van der Waals surface area contributed by atoms with Crippen LogP contribution in [0.4, 0.5) is 10.1 Å². The Bertz CT molecular complexity index is 1140. The van der Waals surface area contributed by atoms with Gasteiger partial charge in [0.15, 0.2) is 6.29 Å². The van der Waals surface area contributed by atoms with Crippen LogP contribution in [-0.2, 0) is 15.9 Å². The van der Waals surface area contributed by atoms with Crippen LogP contribution in [0.5, 0.6) is 5.75 Å². The second-order valence-electron chi connectivity index (χ2n) is 9.79. The van der Waals surface area contributed by atoms with Crippen LogP contribution in [0.1, 0.15) is 53.4 Å². The monoisotopic (exact) mass is 475 g/mol. The summed E-state index contributed by atoms with van der Waals surface area (Å²) >= 11 is 0. The van der Waals surface area contributed by atoms with Crippen molar-refractivity contribution in [3.8, 4) is 5.75 Å². The molecule has 5 heteroatoms. The van der Waals surface area contributed by atoms with Crippen molar-refractivity contribution in [2.45, 2.75) is 43.8 Å². The summed E-state index contributed by atoms with van der Waals surface area (Å²) < 4.78 is 26.5. The molecule has 5 rings (SSSR count). The third-order valence-corrected chi connectivity index (χ3v) is 7.88. The molecule has 0 radical (unpaired) electrons. The highest BCUT2D eigenvalue weighted by molar-refractivity contribution is 5.53. The van der Waals surface area contributed by atoms with Crippen molar-refractivity contribution in [3.63, 3.8) is 0 Å². The van der Waals surface area contributed by atoms with E-state index in [1.165, 1.54) is 11.1 Å². The minimum Gasteiger partial charge on any atom is -0.508 e. The minimum atomic E-state index is -0.204. The molecule has 1 aliphatic carbocycles. The first kappa shape index (κ1) is 23.8. The molecule has 1 saturated heterocycles. The van der Waals surface area contributed by atoms with Crippen LogP contribution in [-0.4, -0.2) is 38.7 Å². The third-order valence-electron chi connectivity index (χ3n) is 7.88. The number of nitrogens with zero attached hydrogens (tertiary/aromatic N) is 1. The zero-order valence-electron chi connectivity index (χ0n) is 20.5. The van der Waals surface area contributed by atoms with Crippen LogP contribution in [0, 0.1) is 11.7 Å². The maximum atomic E-state index is 15.6. The van der Waals surface area contributed by atoms with E-state index in [-0.39, 0.29) is 29.7 Å². The Morgan fingerprint density at radius 2 is 1.63 bits per heavy atom. The van der Waals surface area contributed by atoms with E-state index in [1.807, 2.05) is 24.3 Å². The Labute approximate surface area is 207 Å². The molecule has 3 aromatic carbocycles. The summed E-state index contributed by atoms with van der Waals surface area (Å²) in [7, 11) is 3.35. The standard InChI is InChI=1S/C30H34FNO3/c1-34-30(35-2)21-14-16-32(17-15-21)28-13-9-23(19-27(28)31)29-25(20-6-4-3-5-7-20)11-8-22-18-24(33)10-12-26(22)29/h3-7,9-10,12-13,18-19,21,25,29-30,33H,8,11,14-17H2,1-2H3/t25-,29?/m0/s1. The zero-order chi connectivity index (χ0) is 24.4. The molecule has 3 aromatic rings. The first-order valence-electron chi connectivity index (χ1n) is 12.6. The number of piperidine rings is 1. The number of phenolic OH excluding ortho intramolecular Hbond substituents is 1. The van der Waals surface area contributed by atoms with Gasteiger partial charge in [-0.15, -0.1) is 0 Å². The lowest BCUT2D eigenvalue weighted by molar-refractivity contribution is -0.141. The Morgan fingerprint density at radius 3 is 2.31 bits per heavy atom. The summed E-state index contributed by atoms with van der Waals surface area (Å²) in [6, 6.07) is 21.9. The summed E-state index contributed by atoms with van der Waals surface area (Å²) in [6.07, 6.45) is 3.47.